The van der Waals surface area contributed by atoms with Crippen LogP contribution in [0, 0.1) is 0 Å². The van der Waals surface area contributed by atoms with E-state index in [4.69, 9.17) is 0 Å². The Kier molecular flexibility index (Phi) is 7.87. The highest BCUT2D eigenvalue weighted by atomic mass is 16.2. The Bertz CT molecular complexity index is 1250. The molecule has 0 spiro atoms. The molecule has 4 aromatic rings. The first kappa shape index (κ1) is 24.9. The number of carbonyl (C=O) groups excluding carboxylic acids is 2. The molecule has 192 valence electrons. The molecule has 0 radical (unpaired) electrons. The van der Waals surface area contributed by atoms with E-state index in [9.17, 15) is 9.59 Å². The lowest BCUT2D eigenvalue weighted by Gasteiger charge is -2.28. The van der Waals surface area contributed by atoms with Crippen LogP contribution in [-0.4, -0.2) is 52.1 Å². The van der Waals surface area contributed by atoms with E-state index in [0.29, 0.717) is 23.3 Å². The van der Waals surface area contributed by atoms with Gasteiger partial charge in [-0.15, -0.1) is 10.2 Å². The van der Waals surface area contributed by atoms with E-state index >= 15 is 0 Å². The van der Waals surface area contributed by atoms with Crippen LogP contribution in [0.4, 0.5) is 11.6 Å². The molecular weight excluding hydrogens is 484 g/mol. The molecule has 38 heavy (non-hydrogen) atoms. The largest absolute Gasteiger partial charge is 0.309 e. The van der Waals surface area contributed by atoms with Crippen molar-refractivity contribution in [2.75, 3.05) is 10.6 Å². The molecule has 1 aliphatic carbocycles. The Labute approximate surface area is 218 Å². The maximum Gasteiger partial charge on any atom is 0.233 e. The van der Waals surface area contributed by atoms with E-state index in [1.54, 1.807) is 49.1 Å². The summed E-state index contributed by atoms with van der Waals surface area (Å²) in [5.74, 6) is 1.65. The van der Waals surface area contributed by atoms with Crippen molar-refractivity contribution in [1.29, 1.82) is 0 Å². The average molecular weight is 511 g/mol. The van der Waals surface area contributed by atoms with E-state index in [-0.39, 0.29) is 36.5 Å². The number of nitrogens with one attached hydrogen (secondary N) is 2. The minimum Gasteiger partial charge on any atom is -0.309 e. The number of nitrogens with zero attached hydrogens (tertiary/aromatic N) is 8. The monoisotopic (exact) mass is 510 g/mol. The SMILES string of the molecule is O=C(Cc1ncccn1)Nc1ccc([C@H]2CCC[C@H](c3ccc(NC(=O)Cc4ncccn4)nn3)C2)nn1. The summed E-state index contributed by atoms with van der Waals surface area (Å²) in [6.45, 7) is 0. The summed E-state index contributed by atoms with van der Waals surface area (Å²) in [5, 5.41) is 22.6. The van der Waals surface area contributed by atoms with Gasteiger partial charge in [-0.25, -0.2) is 19.9 Å². The predicted molar refractivity (Wildman–Crippen MR) is 137 cm³/mol. The first-order valence-corrected chi connectivity index (χ1v) is 12.4. The van der Waals surface area contributed by atoms with Gasteiger partial charge in [-0.2, -0.15) is 10.2 Å². The zero-order valence-corrected chi connectivity index (χ0v) is 20.6. The van der Waals surface area contributed by atoms with Crippen molar-refractivity contribution in [1.82, 2.24) is 40.3 Å². The second-order valence-electron chi connectivity index (χ2n) is 9.03. The molecule has 2 N–H and O–H groups in total. The van der Waals surface area contributed by atoms with Gasteiger partial charge in [0, 0.05) is 36.6 Å². The fourth-order valence-corrected chi connectivity index (χ4v) is 4.48. The van der Waals surface area contributed by atoms with Gasteiger partial charge < -0.3 is 10.6 Å². The molecule has 4 aromatic heterocycles. The van der Waals surface area contributed by atoms with Crippen LogP contribution >= 0.6 is 0 Å². The summed E-state index contributed by atoms with van der Waals surface area (Å²) >= 11 is 0. The number of carbonyl (C=O) groups is 2. The van der Waals surface area contributed by atoms with Crippen molar-refractivity contribution in [2.45, 2.75) is 50.4 Å². The van der Waals surface area contributed by atoms with Crippen molar-refractivity contribution in [2.24, 2.45) is 0 Å². The van der Waals surface area contributed by atoms with Crippen molar-refractivity contribution < 1.29 is 9.59 Å². The highest BCUT2D eigenvalue weighted by Gasteiger charge is 2.27. The lowest BCUT2D eigenvalue weighted by molar-refractivity contribution is -0.116. The molecule has 1 fully saturated rings. The van der Waals surface area contributed by atoms with Crippen LogP contribution < -0.4 is 10.6 Å². The highest BCUT2D eigenvalue weighted by Crippen LogP contribution is 2.40. The maximum atomic E-state index is 12.2. The molecule has 0 aromatic carbocycles. The van der Waals surface area contributed by atoms with Crippen molar-refractivity contribution in [3.63, 3.8) is 0 Å². The number of aromatic nitrogens is 8. The zero-order valence-electron chi connectivity index (χ0n) is 20.6. The standard InChI is InChI=1S/C26H26N10O2/c37-25(15-23-27-10-2-11-28-23)31-21-8-6-19(33-35-21)17-4-1-5-18(14-17)20-7-9-22(36-34-20)32-26(38)16-24-29-12-3-13-30-24/h2-3,6-13,17-18H,1,4-5,14-16H2,(H,31,35,37)(H,32,36,38)/t17-,18-/m0/s1. The first-order valence-electron chi connectivity index (χ1n) is 12.4. The van der Waals surface area contributed by atoms with Gasteiger partial charge in [0.25, 0.3) is 0 Å². The third-order valence-electron chi connectivity index (χ3n) is 6.29. The second kappa shape index (κ2) is 12.0. The van der Waals surface area contributed by atoms with E-state index in [2.05, 4.69) is 51.0 Å². The third-order valence-corrected chi connectivity index (χ3v) is 6.29. The number of hydrogen-bond donors (Lipinski definition) is 2. The Morgan fingerprint density at radius 3 is 1.50 bits per heavy atom. The highest BCUT2D eigenvalue weighted by molar-refractivity contribution is 5.91. The molecule has 0 bridgehead atoms. The molecule has 1 saturated carbocycles. The number of rotatable bonds is 8. The molecule has 5 rings (SSSR count). The Hall–Kier alpha value is -4.74. The van der Waals surface area contributed by atoms with Gasteiger partial charge in [0.2, 0.25) is 11.8 Å². The number of anilines is 2. The number of hydrogen-bond acceptors (Lipinski definition) is 10. The fraction of sp³-hybridized carbons (Fsp3) is 0.308. The summed E-state index contributed by atoms with van der Waals surface area (Å²) in [6, 6.07) is 10.8. The minimum absolute atomic E-state index is 0.0690. The zero-order chi connectivity index (χ0) is 26.2. The van der Waals surface area contributed by atoms with Gasteiger partial charge in [-0.3, -0.25) is 9.59 Å². The van der Waals surface area contributed by atoms with Crippen LogP contribution in [0.15, 0.2) is 61.2 Å². The quantitative estimate of drug-likeness (QED) is 0.360. The predicted octanol–water partition coefficient (Wildman–Crippen LogP) is 2.65. The molecule has 2 atom stereocenters. The van der Waals surface area contributed by atoms with Crippen LogP contribution in [0.2, 0.25) is 0 Å². The van der Waals surface area contributed by atoms with Crippen LogP contribution in [-0.2, 0) is 22.4 Å². The van der Waals surface area contributed by atoms with E-state index < -0.39 is 0 Å². The van der Waals surface area contributed by atoms with Crippen LogP contribution in [0.25, 0.3) is 0 Å². The van der Waals surface area contributed by atoms with Gasteiger partial charge in [0.15, 0.2) is 11.6 Å². The normalized spacial score (nSPS) is 16.9. The molecule has 4 heterocycles. The van der Waals surface area contributed by atoms with E-state index in [0.717, 1.165) is 37.1 Å². The van der Waals surface area contributed by atoms with Gasteiger partial charge in [0.1, 0.15) is 11.6 Å². The fourth-order valence-electron chi connectivity index (χ4n) is 4.48. The summed E-state index contributed by atoms with van der Waals surface area (Å²) < 4.78 is 0. The van der Waals surface area contributed by atoms with Gasteiger partial charge in [-0.05, 0) is 55.7 Å². The molecule has 1 aliphatic rings. The molecule has 12 heteroatoms. The van der Waals surface area contributed by atoms with Crippen molar-refractivity contribution in [3.8, 4) is 0 Å². The third kappa shape index (κ3) is 6.72. The lowest BCUT2D eigenvalue weighted by atomic mass is 9.78. The Morgan fingerprint density at radius 1 is 0.658 bits per heavy atom. The average Bonchev–Trinajstić information content (AvgIpc) is 2.95. The Balaban J connectivity index is 1.14. The molecular formula is C26H26N10O2. The smallest absolute Gasteiger partial charge is 0.233 e. The maximum absolute atomic E-state index is 12.2. The summed E-state index contributed by atoms with van der Waals surface area (Å²) in [7, 11) is 0. The lowest BCUT2D eigenvalue weighted by Crippen LogP contribution is -2.19. The van der Waals surface area contributed by atoms with Crippen LogP contribution in [0.3, 0.4) is 0 Å². The molecule has 0 saturated heterocycles. The minimum atomic E-state index is -0.248. The summed E-state index contributed by atoms with van der Waals surface area (Å²) in [4.78, 5) is 40.7. The molecule has 2 amide bonds. The van der Waals surface area contributed by atoms with E-state index in [1.807, 2.05) is 12.1 Å². The van der Waals surface area contributed by atoms with Gasteiger partial charge in [-0.1, -0.05) is 6.42 Å². The van der Waals surface area contributed by atoms with Crippen molar-refractivity contribution in [3.05, 3.63) is 84.2 Å². The molecule has 12 nitrogen and oxygen atoms in total. The summed E-state index contributed by atoms with van der Waals surface area (Å²) in [6.07, 6.45) is 10.5. The van der Waals surface area contributed by atoms with Crippen LogP contribution in [0.5, 0.6) is 0 Å². The Morgan fingerprint density at radius 2 is 1.11 bits per heavy atom. The van der Waals surface area contributed by atoms with Crippen molar-refractivity contribution >= 4 is 23.5 Å². The second-order valence-corrected chi connectivity index (χ2v) is 9.03. The molecule has 0 unspecified atom stereocenters. The van der Waals surface area contributed by atoms with Crippen LogP contribution in [0.1, 0.15) is 60.6 Å². The molecule has 0 aliphatic heterocycles. The number of amides is 2. The van der Waals surface area contributed by atoms with Gasteiger partial charge in [0.05, 0.1) is 24.2 Å². The first-order chi connectivity index (χ1) is 18.6. The topological polar surface area (TPSA) is 161 Å². The summed E-state index contributed by atoms with van der Waals surface area (Å²) in [5.41, 5.74) is 1.78. The van der Waals surface area contributed by atoms with Gasteiger partial charge >= 0.3 is 0 Å². The van der Waals surface area contributed by atoms with E-state index in [1.165, 1.54) is 0 Å².